The number of carboxylic acids is 1. The fraction of sp³-hybridized carbons (Fsp3) is 0.0769. The van der Waals surface area contributed by atoms with Gasteiger partial charge in [0.05, 0.1) is 5.56 Å². The Morgan fingerprint density at radius 3 is 2.68 bits per heavy atom. The second-order valence-corrected chi connectivity index (χ2v) is 4.50. The van der Waals surface area contributed by atoms with Gasteiger partial charge in [-0.05, 0) is 12.1 Å². The monoisotopic (exact) mass is 297 g/mol. The molecule has 0 atom stereocenters. The minimum atomic E-state index is -1.09. The zero-order chi connectivity index (χ0) is 13.8. The molecular weight excluding hydrogens is 289 g/mol. The number of rotatable bonds is 4. The summed E-state index contributed by atoms with van der Waals surface area (Å²) in [6.45, 7) is 0.187. The second-order valence-electron chi connectivity index (χ2n) is 3.70. The van der Waals surface area contributed by atoms with Crippen LogP contribution in [0, 0.1) is 0 Å². The highest BCUT2D eigenvalue weighted by Crippen LogP contribution is 2.20. The molecule has 0 amide bonds. The fourth-order valence-electron chi connectivity index (χ4n) is 1.44. The van der Waals surface area contributed by atoms with Crippen LogP contribution in [0.4, 0.5) is 0 Å². The Balaban J connectivity index is 2.16. The first-order valence-electron chi connectivity index (χ1n) is 5.33. The molecule has 19 heavy (non-hydrogen) atoms. The van der Waals surface area contributed by atoms with Crippen molar-refractivity contribution in [3.8, 4) is 5.88 Å². The maximum Gasteiger partial charge on any atom is 0.335 e. The van der Waals surface area contributed by atoms with Crippen LogP contribution in [0.15, 0.2) is 36.4 Å². The molecule has 98 valence electrons. The molecule has 0 aliphatic carbocycles. The minimum Gasteiger partial charge on any atom is -0.478 e. The number of hydrogen-bond donors (Lipinski definition) is 1. The summed E-state index contributed by atoms with van der Waals surface area (Å²) in [5.74, 6) is -0.947. The molecule has 2 rings (SSSR count). The van der Waals surface area contributed by atoms with Crippen LogP contribution in [-0.4, -0.2) is 16.1 Å². The number of carboxylic acid groups (broad SMARTS) is 1. The van der Waals surface area contributed by atoms with E-state index in [4.69, 9.17) is 33.0 Å². The van der Waals surface area contributed by atoms with E-state index in [0.29, 0.717) is 5.02 Å². The molecule has 1 N–H and O–H groups in total. The first-order chi connectivity index (χ1) is 9.06. The Kier molecular flexibility index (Phi) is 4.24. The predicted octanol–water partition coefficient (Wildman–Crippen LogP) is 3.67. The van der Waals surface area contributed by atoms with Crippen molar-refractivity contribution in [2.24, 2.45) is 0 Å². The van der Waals surface area contributed by atoms with E-state index in [1.165, 1.54) is 12.1 Å². The highest BCUT2D eigenvalue weighted by molar-refractivity contribution is 6.31. The van der Waals surface area contributed by atoms with E-state index in [1.807, 2.05) is 18.2 Å². The van der Waals surface area contributed by atoms with Crippen LogP contribution < -0.4 is 4.74 Å². The van der Waals surface area contributed by atoms with Crippen molar-refractivity contribution in [2.75, 3.05) is 0 Å². The maximum absolute atomic E-state index is 10.9. The molecule has 4 nitrogen and oxygen atoms in total. The van der Waals surface area contributed by atoms with Crippen LogP contribution in [0.25, 0.3) is 0 Å². The Bertz CT molecular complexity index is 617. The summed E-state index contributed by atoms with van der Waals surface area (Å²) in [7, 11) is 0. The van der Waals surface area contributed by atoms with Gasteiger partial charge in [-0.15, -0.1) is 0 Å². The van der Waals surface area contributed by atoms with Crippen LogP contribution in [0.2, 0.25) is 10.2 Å². The van der Waals surface area contributed by atoms with Crippen LogP contribution in [0.3, 0.4) is 0 Å². The summed E-state index contributed by atoms with van der Waals surface area (Å²) in [6, 6.07) is 9.77. The van der Waals surface area contributed by atoms with Crippen molar-refractivity contribution >= 4 is 29.2 Å². The highest BCUT2D eigenvalue weighted by Gasteiger charge is 2.09. The van der Waals surface area contributed by atoms with Gasteiger partial charge in [0.2, 0.25) is 5.88 Å². The van der Waals surface area contributed by atoms with Crippen molar-refractivity contribution in [3.05, 3.63) is 57.7 Å². The van der Waals surface area contributed by atoms with Gasteiger partial charge in [0, 0.05) is 16.7 Å². The normalized spacial score (nSPS) is 10.2. The van der Waals surface area contributed by atoms with Crippen LogP contribution in [-0.2, 0) is 6.61 Å². The van der Waals surface area contributed by atoms with E-state index < -0.39 is 5.97 Å². The van der Waals surface area contributed by atoms with Gasteiger partial charge < -0.3 is 9.84 Å². The number of benzene rings is 1. The molecule has 0 spiro atoms. The molecule has 0 fully saturated rings. The number of hydrogen-bond acceptors (Lipinski definition) is 3. The molecule has 1 heterocycles. The molecule has 0 unspecified atom stereocenters. The second kappa shape index (κ2) is 5.91. The fourth-order valence-corrected chi connectivity index (χ4v) is 1.83. The van der Waals surface area contributed by atoms with E-state index >= 15 is 0 Å². The molecule has 0 aliphatic heterocycles. The SMILES string of the molecule is O=C(O)c1cc(Cl)nc(OCc2ccccc2Cl)c1. The van der Waals surface area contributed by atoms with E-state index in [2.05, 4.69) is 4.98 Å². The third-order valence-electron chi connectivity index (χ3n) is 2.35. The van der Waals surface area contributed by atoms with Gasteiger partial charge in [0.15, 0.2) is 0 Å². The number of ether oxygens (including phenoxy) is 1. The first-order valence-corrected chi connectivity index (χ1v) is 6.09. The lowest BCUT2D eigenvalue weighted by molar-refractivity contribution is 0.0696. The van der Waals surface area contributed by atoms with Crippen LogP contribution >= 0.6 is 23.2 Å². The summed E-state index contributed by atoms with van der Waals surface area (Å²) >= 11 is 11.7. The van der Waals surface area contributed by atoms with Crippen molar-refractivity contribution in [3.63, 3.8) is 0 Å². The number of halogens is 2. The summed E-state index contributed by atoms with van der Waals surface area (Å²) < 4.78 is 5.40. The van der Waals surface area contributed by atoms with Gasteiger partial charge in [-0.25, -0.2) is 9.78 Å². The average Bonchev–Trinajstić information content (AvgIpc) is 2.37. The molecule has 0 bridgehead atoms. The van der Waals surface area contributed by atoms with Crippen molar-refractivity contribution < 1.29 is 14.6 Å². The predicted molar refractivity (Wildman–Crippen MR) is 72.0 cm³/mol. The number of pyridine rings is 1. The largest absolute Gasteiger partial charge is 0.478 e. The lowest BCUT2D eigenvalue weighted by atomic mass is 10.2. The zero-order valence-electron chi connectivity index (χ0n) is 9.64. The van der Waals surface area contributed by atoms with Gasteiger partial charge in [-0.3, -0.25) is 0 Å². The number of aromatic carboxylic acids is 1. The lowest BCUT2D eigenvalue weighted by Crippen LogP contribution is -2.02. The molecular formula is C13H9Cl2NO3. The van der Waals surface area contributed by atoms with Gasteiger partial charge in [0.1, 0.15) is 11.8 Å². The molecule has 6 heteroatoms. The van der Waals surface area contributed by atoms with E-state index in [0.717, 1.165) is 5.56 Å². The summed E-state index contributed by atoms with van der Waals surface area (Å²) in [5, 5.41) is 9.54. The zero-order valence-corrected chi connectivity index (χ0v) is 11.1. The molecule has 0 radical (unpaired) electrons. The standard InChI is InChI=1S/C13H9Cl2NO3/c14-10-4-2-1-3-8(10)7-19-12-6-9(13(17)18)5-11(15)16-12/h1-6H,7H2,(H,17,18). The van der Waals surface area contributed by atoms with E-state index in [-0.39, 0.29) is 23.2 Å². The molecule has 0 saturated carbocycles. The molecule has 2 aromatic rings. The van der Waals surface area contributed by atoms with Crippen LogP contribution in [0.5, 0.6) is 5.88 Å². The first kappa shape index (κ1) is 13.6. The smallest absolute Gasteiger partial charge is 0.335 e. The summed E-state index contributed by atoms with van der Waals surface area (Å²) in [6.07, 6.45) is 0. The highest BCUT2D eigenvalue weighted by atomic mass is 35.5. The van der Waals surface area contributed by atoms with Gasteiger partial charge in [-0.1, -0.05) is 41.4 Å². The van der Waals surface area contributed by atoms with Gasteiger partial charge in [0.25, 0.3) is 0 Å². The summed E-state index contributed by atoms with van der Waals surface area (Å²) in [5.41, 5.74) is 0.803. The van der Waals surface area contributed by atoms with Crippen molar-refractivity contribution in [1.82, 2.24) is 4.98 Å². The lowest BCUT2D eigenvalue weighted by Gasteiger charge is -2.07. The topological polar surface area (TPSA) is 59.4 Å². The third kappa shape index (κ3) is 3.59. The maximum atomic E-state index is 10.9. The Morgan fingerprint density at radius 1 is 1.26 bits per heavy atom. The third-order valence-corrected chi connectivity index (χ3v) is 2.91. The van der Waals surface area contributed by atoms with Gasteiger partial charge in [-0.2, -0.15) is 0 Å². The molecule has 1 aromatic carbocycles. The Hall–Kier alpha value is -1.78. The molecule has 0 saturated heterocycles. The Morgan fingerprint density at radius 2 is 2.00 bits per heavy atom. The molecule has 0 aliphatic rings. The molecule has 1 aromatic heterocycles. The van der Waals surface area contributed by atoms with E-state index in [9.17, 15) is 4.79 Å². The quantitative estimate of drug-likeness (QED) is 0.875. The van der Waals surface area contributed by atoms with Crippen LogP contribution in [0.1, 0.15) is 15.9 Å². The van der Waals surface area contributed by atoms with E-state index in [1.54, 1.807) is 6.07 Å². The number of nitrogens with zero attached hydrogens (tertiary/aromatic N) is 1. The van der Waals surface area contributed by atoms with Crippen molar-refractivity contribution in [1.29, 1.82) is 0 Å². The average molecular weight is 298 g/mol. The number of aromatic nitrogens is 1. The minimum absolute atomic E-state index is 0.0224. The number of carbonyl (C=O) groups is 1. The van der Waals surface area contributed by atoms with Crippen molar-refractivity contribution in [2.45, 2.75) is 6.61 Å². The Labute approximate surface area is 119 Å². The van der Waals surface area contributed by atoms with Gasteiger partial charge >= 0.3 is 5.97 Å². The summed E-state index contributed by atoms with van der Waals surface area (Å²) in [4.78, 5) is 14.8.